The first-order valence-corrected chi connectivity index (χ1v) is 9.02. The highest BCUT2D eigenvalue weighted by molar-refractivity contribution is 8.77. The number of rotatable bonds is 7. The molecule has 0 aromatic rings. The molecule has 1 rings (SSSR count). The molecule has 26 heavy (non-hydrogen) atoms. The lowest BCUT2D eigenvalue weighted by Crippen LogP contribution is -2.70. The molecule has 0 atom stereocenters. The molecule has 1 aliphatic rings. The van der Waals surface area contributed by atoms with Crippen LogP contribution in [0.1, 0.15) is 12.8 Å². The van der Waals surface area contributed by atoms with Crippen LogP contribution < -0.4 is 0 Å². The van der Waals surface area contributed by atoms with Crippen LogP contribution in [-0.2, 0) is 0 Å². The summed E-state index contributed by atoms with van der Waals surface area (Å²) in [6.07, 6.45) is -10.3. The Balaban J connectivity index is 3.16. The number of halogens is 13. The molecule has 0 N–H and O–H groups in total. The fourth-order valence-corrected chi connectivity index (χ4v) is 4.88. The van der Waals surface area contributed by atoms with Gasteiger partial charge in [-0.1, -0.05) is 21.6 Å². The highest BCUT2D eigenvalue weighted by Crippen LogP contribution is 2.61. The number of hydrogen-bond donors (Lipinski definition) is 0. The molecular formula is C11H9F13S2. The smallest absolute Gasteiger partial charge is 0.200 e. The van der Waals surface area contributed by atoms with E-state index in [0.29, 0.717) is 0 Å². The van der Waals surface area contributed by atoms with E-state index in [0.717, 1.165) is 21.6 Å². The van der Waals surface area contributed by atoms with E-state index >= 15 is 0 Å². The van der Waals surface area contributed by atoms with Gasteiger partial charge in [-0.15, -0.1) is 0 Å². The predicted molar refractivity (Wildman–Crippen MR) is 68.4 cm³/mol. The Hall–Kier alpha value is -0.210. The molecule has 1 aliphatic heterocycles. The summed E-state index contributed by atoms with van der Waals surface area (Å²) in [6, 6.07) is 0. The van der Waals surface area contributed by atoms with Crippen LogP contribution in [0.4, 0.5) is 57.1 Å². The molecule has 0 saturated carbocycles. The van der Waals surface area contributed by atoms with Crippen molar-refractivity contribution in [2.45, 2.75) is 48.6 Å². The first-order chi connectivity index (χ1) is 11.3. The van der Waals surface area contributed by atoms with E-state index in [-0.39, 0.29) is 11.5 Å². The predicted octanol–water partition coefficient (Wildman–Crippen LogP) is 6.52. The molecule has 0 aromatic heterocycles. The van der Waals surface area contributed by atoms with E-state index in [1.54, 1.807) is 0 Å². The Morgan fingerprint density at radius 1 is 0.577 bits per heavy atom. The zero-order chi connectivity index (χ0) is 20.8. The van der Waals surface area contributed by atoms with Gasteiger partial charge < -0.3 is 0 Å². The van der Waals surface area contributed by atoms with Crippen molar-refractivity contribution in [1.29, 1.82) is 0 Å². The van der Waals surface area contributed by atoms with E-state index in [4.69, 9.17) is 0 Å². The molecule has 1 heterocycles. The Labute approximate surface area is 145 Å². The Bertz CT molecular complexity index is 493. The summed E-state index contributed by atoms with van der Waals surface area (Å²) in [7, 11) is 2.30. The quantitative estimate of drug-likeness (QED) is 0.319. The molecule has 0 unspecified atom stereocenters. The van der Waals surface area contributed by atoms with Crippen molar-refractivity contribution >= 4 is 21.6 Å². The third-order valence-electron chi connectivity index (χ3n) is 3.56. The SMILES string of the molecule is FC(F)(F)C(F)(F)C(F)(F)C(F)(F)C(F)(F)C(F)(F)CCC1CSSC1. The van der Waals surface area contributed by atoms with Crippen LogP contribution in [0.2, 0.25) is 0 Å². The van der Waals surface area contributed by atoms with Gasteiger partial charge in [0, 0.05) is 17.9 Å². The van der Waals surface area contributed by atoms with Crippen molar-refractivity contribution in [3.05, 3.63) is 0 Å². The van der Waals surface area contributed by atoms with Gasteiger partial charge in [-0.25, -0.2) is 0 Å². The van der Waals surface area contributed by atoms with E-state index in [9.17, 15) is 57.1 Å². The van der Waals surface area contributed by atoms with Crippen LogP contribution in [0.3, 0.4) is 0 Å². The van der Waals surface area contributed by atoms with E-state index in [1.165, 1.54) is 0 Å². The Kier molecular flexibility index (Phi) is 6.41. The monoisotopic (exact) mass is 452 g/mol. The number of alkyl halides is 13. The molecule has 15 heteroatoms. The van der Waals surface area contributed by atoms with Crippen molar-refractivity contribution in [2.24, 2.45) is 5.92 Å². The van der Waals surface area contributed by atoms with Gasteiger partial charge >= 0.3 is 35.8 Å². The Morgan fingerprint density at radius 2 is 0.962 bits per heavy atom. The maximum atomic E-state index is 13.5. The second-order valence-corrected chi connectivity index (χ2v) is 8.03. The first-order valence-electron chi connectivity index (χ1n) is 6.53. The molecule has 0 radical (unpaired) electrons. The van der Waals surface area contributed by atoms with Gasteiger partial charge in [0.1, 0.15) is 0 Å². The summed E-state index contributed by atoms with van der Waals surface area (Å²) in [5.74, 6) is -36.6. The van der Waals surface area contributed by atoms with Gasteiger partial charge in [0.15, 0.2) is 0 Å². The minimum Gasteiger partial charge on any atom is -0.200 e. The zero-order valence-corrected chi connectivity index (χ0v) is 13.8. The van der Waals surface area contributed by atoms with Crippen molar-refractivity contribution < 1.29 is 57.1 Å². The molecule has 0 spiro atoms. The average Bonchev–Trinajstić information content (AvgIpc) is 2.96. The maximum Gasteiger partial charge on any atom is 0.460 e. The third kappa shape index (κ3) is 3.70. The highest BCUT2D eigenvalue weighted by atomic mass is 33.1. The maximum absolute atomic E-state index is 13.5. The number of hydrogen-bond acceptors (Lipinski definition) is 2. The summed E-state index contributed by atoms with van der Waals surface area (Å²) in [5.41, 5.74) is 0. The van der Waals surface area contributed by atoms with E-state index in [2.05, 4.69) is 0 Å². The van der Waals surface area contributed by atoms with Crippen molar-refractivity contribution in [3.63, 3.8) is 0 Å². The van der Waals surface area contributed by atoms with Crippen LogP contribution in [-0.4, -0.2) is 47.3 Å². The highest BCUT2D eigenvalue weighted by Gasteiger charge is 2.90. The molecule has 1 fully saturated rings. The molecular weight excluding hydrogens is 443 g/mol. The molecule has 0 aliphatic carbocycles. The summed E-state index contributed by atoms with van der Waals surface area (Å²) in [4.78, 5) is 0. The Morgan fingerprint density at radius 3 is 1.35 bits per heavy atom. The summed E-state index contributed by atoms with van der Waals surface area (Å²) >= 11 is 0. The average molecular weight is 452 g/mol. The summed E-state index contributed by atoms with van der Waals surface area (Å²) in [6.45, 7) is 0. The largest absolute Gasteiger partial charge is 0.460 e. The zero-order valence-electron chi connectivity index (χ0n) is 12.1. The lowest BCUT2D eigenvalue weighted by atomic mass is 9.90. The standard InChI is InChI=1S/C11H9F13S2/c12-6(13,2-1-5-3-25-26-4-5)7(14,15)8(16,17)9(18,19)10(20,21)11(22,23)24/h5H,1-4H2. The first kappa shape index (κ1) is 23.8. The fourth-order valence-electron chi connectivity index (χ4n) is 1.85. The van der Waals surface area contributed by atoms with Crippen LogP contribution in [0, 0.1) is 5.92 Å². The molecule has 1 saturated heterocycles. The normalized spacial score (nSPS) is 19.3. The second kappa shape index (κ2) is 6.99. The van der Waals surface area contributed by atoms with Gasteiger partial charge in [-0.05, 0) is 12.3 Å². The lowest BCUT2D eigenvalue weighted by molar-refractivity contribution is -0.440. The summed E-state index contributed by atoms with van der Waals surface area (Å²) in [5, 5.41) is 0. The van der Waals surface area contributed by atoms with Crippen LogP contribution in [0.25, 0.3) is 0 Å². The van der Waals surface area contributed by atoms with Gasteiger partial charge in [0.2, 0.25) is 0 Å². The molecule has 0 nitrogen and oxygen atoms in total. The van der Waals surface area contributed by atoms with Crippen LogP contribution in [0.5, 0.6) is 0 Å². The minimum atomic E-state index is -7.82. The van der Waals surface area contributed by atoms with Crippen molar-refractivity contribution in [1.82, 2.24) is 0 Å². The molecule has 0 amide bonds. The van der Waals surface area contributed by atoms with Crippen LogP contribution in [0.15, 0.2) is 0 Å². The van der Waals surface area contributed by atoms with Gasteiger partial charge in [-0.3, -0.25) is 0 Å². The minimum absolute atomic E-state index is 0.172. The second-order valence-electron chi connectivity index (χ2n) is 5.47. The van der Waals surface area contributed by atoms with Gasteiger partial charge in [0.05, 0.1) is 0 Å². The van der Waals surface area contributed by atoms with Crippen molar-refractivity contribution in [3.8, 4) is 0 Å². The van der Waals surface area contributed by atoms with Gasteiger partial charge in [0.25, 0.3) is 0 Å². The summed E-state index contributed by atoms with van der Waals surface area (Å²) < 4.78 is 167. The van der Waals surface area contributed by atoms with E-state index < -0.39 is 54.5 Å². The van der Waals surface area contributed by atoms with E-state index in [1.807, 2.05) is 0 Å². The topological polar surface area (TPSA) is 0 Å². The third-order valence-corrected chi connectivity index (χ3v) is 6.25. The molecule has 0 bridgehead atoms. The van der Waals surface area contributed by atoms with Crippen molar-refractivity contribution in [2.75, 3.05) is 11.5 Å². The lowest BCUT2D eigenvalue weighted by Gasteiger charge is -2.39. The molecule has 156 valence electrons. The van der Waals surface area contributed by atoms with Gasteiger partial charge in [-0.2, -0.15) is 57.1 Å². The van der Waals surface area contributed by atoms with Crippen LogP contribution >= 0.6 is 21.6 Å². The fraction of sp³-hybridized carbons (Fsp3) is 1.00. The molecule has 0 aromatic carbocycles.